The first-order valence-electron chi connectivity index (χ1n) is 13.7. The number of piperidine rings is 1. The Bertz CT molecular complexity index is 1400. The molecule has 1 aliphatic carbocycles. The summed E-state index contributed by atoms with van der Waals surface area (Å²) in [5, 5.41) is 8.12. The molecule has 2 aromatic carbocycles. The topological polar surface area (TPSA) is 115 Å². The fourth-order valence-electron chi connectivity index (χ4n) is 6.08. The Morgan fingerprint density at radius 3 is 2.32 bits per heavy atom. The molecule has 1 amide bonds. The lowest BCUT2D eigenvalue weighted by atomic mass is 9.81. The van der Waals surface area contributed by atoms with Gasteiger partial charge in [0.15, 0.2) is 5.65 Å². The summed E-state index contributed by atoms with van der Waals surface area (Å²) in [6.45, 7) is 1.56. The van der Waals surface area contributed by atoms with Crippen molar-refractivity contribution in [2.75, 3.05) is 24.1 Å². The number of carbonyl (C=O) groups is 1. The van der Waals surface area contributed by atoms with Gasteiger partial charge >= 0.3 is 0 Å². The summed E-state index contributed by atoms with van der Waals surface area (Å²) in [6, 6.07) is 18.6. The molecule has 8 nitrogen and oxygen atoms in total. The quantitative estimate of drug-likeness (QED) is 0.346. The van der Waals surface area contributed by atoms with Gasteiger partial charge in [0.1, 0.15) is 5.82 Å². The van der Waals surface area contributed by atoms with Gasteiger partial charge in [-0.25, -0.2) is 9.50 Å². The zero-order chi connectivity index (χ0) is 26.1. The lowest BCUT2D eigenvalue weighted by Crippen LogP contribution is -2.37. The molecule has 1 saturated heterocycles. The number of fused-ring (bicyclic) bond motifs is 1. The summed E-state index contributed by atoms with van der Waals surface area (Å²) in [5.74, 6) is 1.41. The number of anilines is 3. The molecule has 2 fully saturated rings. The van der Waals surface area contributed by atoms with Crippen LogP contribution in [0.2, 0.25) is 0 Å². The first-order valence-corrected chi connectivity index (χ1v) is 13.7. The van der Waals surface area contributed by atoms with E-state index < -0.39 is 0 Å². The lowest BCUT2D eigenvalue weighted by Gasteiger charge is -2.32. The fourth-order valence-corrected chi connectivity index (χ4v) is 6.08. The number of benzene rings is 2. The Balaban J connectivity index is 1.18. The van der Waals surface area contributed by atoms with Gasteiger partial charge in [0, 0.05) is 48.3 Å². The molecule has 5 N–H and O–H groups in total. The van der Waals surface area contributed by atoms with E-state index in [2.05, 4.69) is 45.7 Å². The van der Waals surface area contributed by atoms with Crippen molar-refractivity contribution in [1.29, 1.82) is 0 Å². The van der Waals surface area contributed by atoms with E-state index in [4.69, 9.17) is 11.5 Å². The average molecular weight is 510 g/mol. The monoisotopic (exact) mass is 509 g/mol. The van der Waals surface area contributed by atoms with Crippen molar-refractivity contribution < 1.29 is 4.79 Å². The number of amides is 1. The number of nitrogens with two attached hydrogens (primary N) is 2. The second-order valence-electron chi connectivity index (χ2n) is 10.7. The van der Waals surface area contributed by atoms with Crippen LogP contribution in [0.4, 0.5) is 17.2 Å². The van der Waals surface area contributed by atoms with E-state index in [1.54, 1.807) is 16.9 Å². The molecule has 38 heavy (non-hydrogen) atoms. The van der Waals surface area contributed by atoms with E-state index in [-0.39, 0.29) is 17.9 Å². The molecule has 0 atom stereocenters. The van der Waals surface area contributed by atoms with Crippen LogP contribution in [0.5, 0.6) is 0 Å². The van der Waals surface area contributed by atoms with Crippen LogP contribution in [-0.4, -0.2) is 44.5 Å². The highest BCUT2D eigenvalue weighted by molar-refractivity contribution is 5.95. The van der Waals surface area contributed by atoms with Gasteiger partial charge < -0.3 is 21.7 Å². The van der Waals surface area contributed by atoms with Crippen LogP contribution in [0, 0.1) is 0 Å². The Morgan fingerprint density at radius 2 is 1.61 bits per heavy atom. The lowest BCUT2D eigenvalue weighted by molar-refractivity contribution is 0.0713. The molecule has 196 valence electrons. The van der Waals surface area contributed by atoms with E-state index >= 15 is 0 Å². The molecule has 0 unspecified atom stereocenters. The van der Waals surface area contributed by atoms with Gasteiger partial charge in [0.05, 0.1) is 5.69 Å². The maximum absolute atomic E-state index is 13.2. The third kappa shape index (κ3) is 4.84. The first-order chi connectivity index (χ1) is 18.6. The number of hydrogen-bond acceptors (Lipinski definition) is 6. The average Bonchev–Trinajstić information content (AvgIpc) is 3.43. The minimum atomic E-state index is 0.0890. The van der Waals surface area contributed by atoms with E-state index in [1.165, 1.54) is 5.56 Å². The summed E-state index contributed by atoms with van der Waals surface area (Å²) < 4.78 is 1.71. The third-order valence-electron chi connectivity index (χ3n) is 8.24. The Morgan fingerprint density at radius 1 is 0.895 bits per heavy atom. The van der Waals surface area contributed by atoms with Crippen molar-refractivity contribution in [3.05, 3.63) is 83.7 Å². The smallest absolute Gasteiger partial charge is 0.253 e. The number of nitrogen functional groups attached to an aromatic ring is 1. The van der Waals surface area contributed by atoms with Crippen LogP contribution in [0.1, 0.15) is 71.8 Å². The Kier molecular flexibility index (Phi) is 6.72. The highest BCUT2D eigenvalue weighted by Crippen LogP contribution is 2.41. The van der Waals surface area contributed by atoms with Crippen molar-refractivity contribution in [3.8, 4) is 0 Å². The molecular weight excluding hydrogens is 474 g/mol. The molecule has 0 radical (unpaired) electrons. The number of nitrogens with one attached hydrogen (secondary N) is 1. The predicted octanol–water partition coefficient (Wildman–Crippen LogP) is 5.06. The zero-order valence-corrected chi connectivity index (χ0v) is 21.6. The normalized spacial score (nSPS) is 20.5. The second kappa shape index (κ2) is 10.5. The molecule has 3 heterocycles. The number of aromatic nitrogens is 3. The molecule has 1 aliphatic heterocycles. The van der Waals surface area contributed by atoms with Gasteiger partial charge in [-0.15, -0.1) is 5.10 Å². The van der Waals surface area contributed by atoms with Crippen molar-refractivity contribution in [3.63, 3.8) is 0 Å². The van der Waals surface area contributed by atoms with Crippen LogP contribution >= 0.6 is 0 Å². The summed E-state index contributed by atoms with van der Waals surface area (Å²) in [5.41, 5.74) is 18.2. The maximum Gasteiger partial charge on any atom is 0.253 e. The Labute approximate surface area is 223 Å². The zero-order valence-electron chi connectivity index (χ0n) is 21.6. The molecule has 8 heteroatoms. The van der Waals surface area contributed by atoms with E-state index in [1.807, 2.05) is 29.2 Å². The molecule has 2 aromatic heterocycles. The van der Waals surface area contributed by atoms with Crippen molar-refractivity contribution in [2.45, 2.75) is 56.4 Å². The van der Waals surface area contributed by atoms with E-state index in [9.17, 15) is 4.79 Å². The van der Waals surface area contributed by atoms with Crippen LogP contribution < -0.4 is 16.8 Å². The van der Waals surface area contributed by atoms with Gasteiger partial charge in [-0.2, -0.15) is 0 Å². The van der Waals surface area contributed by atoms with E-state index in [0.29, 0.717) is 17.3 Å². The molecule has 2 aliphatic rings. The molecule has 1 saturated carbocycles. The van der Waals surface area contributed by atoms with Gasteiger partial charge in [-0.3, -0.25) is 4.79 Å². The number of carbonyl (C=O) groups excluding carboxylic acids is 1. The predicted molar refractivity (Wildman–Crippen MR) is 151 cm³/mol. The number of hydrogen-bond donors (Lipinski definition) is 3. The summed E-state index contributed by atoms with van der Waals surface area (Å²) in [4.78, 5) is 19.8. The fraction of sp³-hybridized carbons (Fsp3) is 0.367. The molecule has 0 bridgehead atoms. The van der Waals surface area contributed by atoms with Gasteiger partial charge in [-0.1, -0.05) is 30.3 Å². The molecule has 6 rings (SSSR count). The SMILES string of the molecule is Nc1nn2ccnc2c(Nc2ccc(C(=O)N3CCC(c4ccccc4)CC3)cc2)c1[C@H]1CC[C@H](N)CC1. The molecular formula is C30H35N7O. The number of imidazole rings is 1. The van der Waals surface area contributed by atoms with Crippen molar-refractivity contribution in [2.24, 2.45) is 5.73 Å². The van der Waals surface area contributed by atoms with Crippen LogP contribution in [0.25, 0.3) is 5.65 Å². The largest absolute Gasteiger partial charge is 0.382 e. The third-order valence-corrected chi connectivity index (χ3v) is 8.24. The summed E-state index contributed by atoms with van der Waals surface area (Å²) >= 11 is 0. The second-order valence-corrected chi connectivity index (χ2v) is 10.7. The standard InChI is InChI=1S/C30H35N7O/c31-24-10-6-22(7-11-24)26-27(29-33-16-19-37(29)35-28(26)32)34-25-12-8-23(9-13-25)30(38)36-17-14-21(15-18-36)20-4-2-1-3-5-20/h1-5,8-9,12-13,16,19,21-22,24,34H,6-7,10-11,14-15,17-18,31H2,(H2,32,35)/t22-,24-. The summed E-state index contributed by atoms with van der Waals surface area (Å²) in [7, 11) is 0. The number of likely N-dealkylation sites (tertiary alicyclic amines) is 1. The molecule has 4 aromatic rings. The van der Waals surface area contributed by atoms with E-state index in [0.717, 1.165) is 74.2 Å². The van der Waals surface area contributed by atoms with Crippen LogP contribution in [-0.2, 0) is 0 Å². The van der Waals surface area contributed by atoms with Crippen molar-refractivity contribution >= 4 is 28.7 Å². The van der Waals surface area contributed by atoms with Crippen LogP contribution in [0.15, 0.2) is 67.0 Å². The van der Waals surface area contributed by atoms with Gasteiger partial charge in [0.25, 0.3) is 5.91 Å². The van der Waals surface area contributed by atoms with Gasteiger partial charge in [0.2, 0.25) is 0 Å². The van der Waals surface area contributed by atoms with Crippen molar-refractivity contribution in [1.82, 2.24) is 19.5 Å². The number of nitrogens with zero attached hydrogens (tertiary/aromatic N) is 4. The highest BCUT2D eigenvalue weighted by atomic mass is 16.2. The maximum atomic E-state index is 13.2. The minimum Gasteiger partial charge on any atom is -0.382 e. The minimum absolute atomic E-state index is 0.0890. The first kappa shape index (κ1) is 24.4. The Hall–Kier alpha value is -3.91. The highest BCUT2D eigenvalue weighted by Gasteiger charge is 2.28. The van der Waals surface area contributed by atoms with Crippen LogP contribution in [0.3, 0.4) is 0 Å². The number of rotatable bonds is 5. The summed E-state index contributed by atoms with van der Waals surface area (Å²) in [6.07, 6.45) is 9.43. The van der Waals surface area contributed by atoms with Gasteiger partial charge in [-0.05, 0) is 80.2 Å². The molecule has 0 spiro atoms.